The molecule has 1 saturated carbocycles. The Morgan fingerprint density at radius 1 is 1.40 bits per heavy atom. The van der Waals surface area contributed by atoms with Crippen molar-refractivity contribution in [2.75, 3.05) is 11.1 Å². The molecule has 2 unspecified atom stereocenters. The molecule has 2 atom stereocenters. The van der Waals surface area contributed by atoms with E-state index in [1.54, 1.807) is 0 Å². The van der Waals surface area contributed by atoms with Gasteiger partial charge in [-0.1, -0.05) is 25.8 Å². The molecule has 82 valence electrons. The van der Waals surface area contributed by atoms with E-state index in [4.69, 9.17) is 5.73 Å². The topological polar surface area (TPSA) is 50.9 Å². The second-order valence-corrected chi connectivity index (χ2v) is 4.56. The maximum atomic E-state index is 5.64. The largest absolute Gasteiger partial charge is 0.384 e. The molecule has 0 aromatic carbocycles. The Hall–Kier alpha value is -1.25. The first-order chi connectivity index (χ1) is 7.24. The van der Waals surface area contributed by atoms with Gasteiger partial charge in [-0.2, -0.15) is 0 Å². The summed E-state index contributed by atoms with van der Waals surface area (Å²) in [5, 5.41) is 3.46. The molecule has 1 aliphatic carbocycles. The van der Waals surface area contributed by atoms with Crippen LogP contribution in [0.4, 0.5) is 11.6 Å². The van der Waals surface area contributed by atoms with E-state index in [1.807, 2.05) is 18.2 Å². The van der Waals surface area contributed by atoms with Gasteiger partial charge in [0.2, 0.25) is 0 Å². The number of nitrogen functional groups attached to an aromatic ring is 1. The molecular weight excluding hydrogens is 186 g/mol. The number of pyridine rings is 1. The summed E-state index contributed by atoms with van der Waals surface area (Å²) in [5.74, 6) is 2.33. The number of rotatable bonds is 2. The lowest BCUT2D eigenvalue weighted by Crippen LogP contribution is -2.26. The average Bonchev–Trinajstić information content (AvgIpc) is 2.17. The molecule has 0 radical (unpaired) electrons. The third-order valence-electron chi connectivity index (χ3n) is 3.06. The molecule has 0 saturated heterocycles. The molecule has 0 amide bonds. The van der Waals surface area contributed by atoms with E-state index < -0.39 is 0 Å². The SMILES string of the molecule is CC1CCCC(Nc2cccc(N)n2)C1. The fraction of sp³-hybridized carbons (Fsp3) is 0.583. The van der Waals surface area contributed by atoms with Crippen LogP contribution in [0.2, 0.25) is 0 Å². The van der Waals surface area contributed by atoms with Crippen molar-refractivity contribution in [1.82, 2.24) is 4.98 Å². The van der Waals surface area contributed by atoms with Crippen LogP contribution >= 0.6 is 0 Å². The molecule has 0 bridgehead atoms. The van der Waals surface area contributed by atoms with Crippen LogP contribution in [0.15, 0.2) is 18.2 Å². The van der Waals surface area contributed by atoms with Crippen molar-refractivity contribution in [3.8, 4) is 0 Å². The third kappa shape index (κ3) is 2.85. The zero-order valence-electron chi connectivity index (χ0n) is 9.24. The number of hydrogen-bond acceptors (Lipinski definition) is 3. The predicted molar refractivity (Wildman–Crippen MR) is 63.7 cm³/mol. The van der Waals surface area contributed by atoms with Gasteiger partial charge in [-0.3, -0.25) is 0 Å². The molecule has 1 fully saturated rings. The number of nitrogens with two attached hydrogens (primary N) is 1. The van der Waals surface area contributed by atoms with E-state index in [-0.39, 0.29) is 0 Å². The summed E-state index contributed by atoms with van der Waals surface area (Å²) < 4.78 is 0. The fourth-order valence-electron chi connectivity index (χ4n) is 2.31. The molecule has 15 heavy (non-hydrogen) atoms. The Morgan fingerprint density at radius 2 is 2.27 bits per heavy atom. The van der Waals surface area contributed by atoms with Gasteiger partial charge in [-0.15, -0.1) is 0 Å². The Kier molecular flexibility index (Phi) is 3.09. The molecule has 1 aromatic heterocycles. The molecular formula is C12H19N3. The molecule has 3 N–H and O–H groups in total. The van der Waals surface area contributed by atoms with Crippen LogP contribution in [0.25, 0.3) is 0 Å². The second-order valence-electron chi connectivity index (χ2n) is 4.56. The van der Waals surface area contributed by atoms with Gasteiger partial charge in [-0.05, 0) is 30.9 Å². The maximum absolute atomic E-state index is 5.64. The van der Waals surface area contributed by atoms with Gasteiger partial charge in [0.15, 0.2) is 0 Å². The third-order valence-corrected chi connectivity index (χ3v) is 3.06. The molecule has 3 heteroatoms. The van der Waals surface area contributed by atoms with Gasteiger partial charge in [-0.25, -0.2) is 4.98 Å². The van der Waals surface area contributed by atoms with Crippen LogP contribution in [0, 0.1) is 5.92 Å². The number of aromatic nitrogens is 1. The Labute approximate surface area is 91.1 Å². The monoisotopic (exact) mass is 205 g/mol. The van der Waals surface area contributed by atoms with E-state index in [9.17, 15) is 0 Å². The van der Waals surface area contributed by atoms with E-state index in [2.05, 4.69) is 17.2 Å². The van der Waals surface area contributed by atoms with Crippen LogP contribution in [-0.2, 0) is 0 Å². The number of hydrogen-bond donors (Lipinski definition) is 2. The molecule has 2 rings (SSSR count). The highest BCUT2D eigenvalue weighted by molar-refractivity contribution is 5.42. The standard InChI is InChI=1S/C12H19N3/c1-9-4-2-5-10(8-9)14-12-7-3-6-11(13)15-12/h3,6-7,9-10H,2,4-5,8H2,1H3,(H3,13,14,15). The highest BCUT2D eigenvalue weighted by atomic mass is 15.0. The highest BCUT2D eigenvalue weighted by Crippen LogP contribution is 2.25. The zero-order valence-corrected chi connectivity index (χ0v) is 9.24. The lowest BCUT2D eigenvalue weighted by Gasteiger charge is -2.27. The lowest BCUT2D eigenvalue weighted by atomic mass is 9.87. The van der Waals surface area contributed by atoms with Crippen LogP contribution in [0.5, 0.6) is 0 Å². The maximum Gasteiger partial charge on any atom is 0.128 e. The Bertz CT molecular complexity index is 324. The average molecular weight is 205 g/mol. The molecule has 3 nitrogen and oxygen atoms in total. The summed E-state index contributed by atoms with van der Waals surface area (Å²) in [6.07, 6.45) is 5.18. The second kappa shape index (κ2) is 4.51. The molecule has 1 aromatic rings. The van der Waals surface area contributed by atoms with Crippen molar-refractivity contribution in [3.05, 3.63) is 18.2 Å². The minimum atomic E-state index is 0.572. The van der Waals surface area contributed by atoms with E-state index in [0.29, 0.717) is 11.9 Å². The van der Waals surface area contributed by atoms with E-state index in [0.717, 1.165) is 11.7 Å². The summed E-state index contributed by atoms with van der Waals surface area (Å²) in [5.41, 5.74) is 5.64. The van der Waals surface area contributed by atoms with E-state index in [1.165, 1.54) is 25.7 Å². The first-order valence-corrected chi connectivity index (χ1v) is 5.73. The smallest absolute Gasteiger partial charge is 0.128 e. The van der Waals surface area contributed by atoms with Crippen molar-refractivity contribution < 1.29 is 0 Å². The highest BCUT2D eigenvalue weighted by Gasteiger charge is 2.18. The molecule has 0 spiro atoms. The quantitative estimate of drug-likeness (QED) is 0.780. The fourth-order valence-corrected chi connectivity index (χ4v) is 2.31. The molecule has 1 heterocycles. The summed E-state index contributed by atoms with van der Waals surface area (Å²) in [4.78, 5) is 4.26. The van der Waals surface area contributed by atoms with Crippen LogP contribution < -0.4 is 11.1 Å². The van der Waals surface area contributed by atoms with Crippen molar-refractivity contribution in [2.24, 2.45) is 5.92 Å². The first kappa shape index (κ1) is 10.3. The van der Waals surface area contributed by atoms with Crippen molar-refractivity contribution in [2.45, 2.75) is 38.6 Å². The summed E-state index contributed by atoms with van der Waals surface area (Å²) in [6.45, 7) is 2.32. The van der Waals surface area contributed by atoms with Crippen LogP contribution in [0.1, 0.15) is 32.6 Å². The van der Waals surface area contributed by atoms with Crippen molar-refractivity contribution >= 4 is 11.6 Å². The normalized spacial score (nSPS) is 26.2. The van der Waals surface area contributed by atoms with Gasteiger partial charge in [0.25, 0.3) is 0 Å². The molecule has 1 aliphatic rings. The van der Waals surface area contributed by atoms with Gasteiger partial charge < -0.3 is 11.1 Å². The number of anilines is 2. The van der Waals surface area contributed by atoms with Gasteiger partial charge in [0.05, 0.1) is 0 Å². The Balaban J connectivity index is 1.96. The zero-order chi connectivity index (χ0) is 10.7. The minimum Gasteiger partial charge on any atom is -0.384 e. The van der Waals surface area contributed by atoms with Crippen molar-refractivity contribution in [3.63, 3.8) is 0 Å². The van der Waals surface area contributed by atoms with E-state index >= 15 is 0 Å². The number of nitrogens with one attached hydrogen (secondary N) is 1. The van der Waals surface area contributed by atoms with Crippen LogP contribution in [-0.4, -0.2) is 11.0 Å². The minimum absolute atomic E-state index is 0.572. The van der Waals surface area contributed by atoms with Gasteiger partial charge >= 0.3 is 0 Å². The van der Waals surface area contributed by atoms with Gasteiger partial charge in [0, 0.05) is 6.04 Å². The summed E-state index contributed by atoms with van der Waals surface area (Å²) in [7, 11) is 0. The summed E-state index contributed by atoms with van der Waals surface area (Å²) in [6, 6.07) is 6.31. The number of nitrogens with zero attached hydrogens (tertiary/aromatic N) is 1. The first-order valence-electron chi connectivity index (χ1n) is 5.73. The summed E-state index contributed by atoms with van der Waals surface area (Å²) >= 11 is 0. The lowest BCUT2D eigenvalue weighted by molar-refractivity contribution is 0.358. The van der Waals surface area contributed by atoms with Crippen molar-refractivity contribution in [1.29, 1.82) is 0 Å². The Morgan fingerprint density at radius 3 is 3.00 bits per heavy atom. The van der Waals surface area contributed by atoms with Gasteiger partial charge in [0.1, 0.15) is 11.6 Å². The van der Waals surface area contributed by atoms with Crippen LogP contribution in [0.3, 0.4) is 0 Å². The predicted octanol–water partition coefficient (Wildman–Crippen LogP) is 2.65. The molecule has 0 aliphatic heterocycles.